The van der Waals surface area contributed by atoms with Crippen LogP contribution in [0.3, 0.4) is 0 Å². The quantitative estimate of drug-likeness (QED) is 0.857. The number of amides is 1. The SMILES string of the molecule is N#Cc1ncn(C[C@H]2CN(c3ccccc3)C(=O)O2)c1C#N. The van der Waals surface area contributed by atoms with Gasteiger partial charge in [-0.05, 0) is 12.1 Å². The molecule has 0 bridgehead atoms. The van der Waals surface area contributed by atoms with Gasteiger partial charge in [-0.3, -0.25) is 4.90 Å². The van der Waals surface area contributed by atoms with Gasteiger partial charge in [0, 0.05) is 5.69 Å². The fourth-order valence-electron chi connectivity index (χ4n) is 2.37. The Hall–Kier alpha value is -3.32. The molecule has 1 aliphatic rings. The van der Waals surface area contributed by atoms with Crippen LogP contribution in [0.25, 0.3) is 0 Å². The first kappa shape index (κ1) is 13.7. The number of para-hydroxylation sites is 1. The zero-order valence-corrected chi connectivity index (χ0v) is 11.5. The summed E-state index contributed by atoms with van der Waals surface area (Å²) in [6, 6.07) is 13.0. The van der Waals surface area contributed by atoms with Crippen LogP contribution in [0.4, 0.5) is 10.5 Å². The molecule has 0 unspecified atom stereocenters. The third kappa shape index (κ3) is 2.36. The summed E-state index contributed by atoms with van der Waals surface area (Å²) in [5.74, 6) is 0. The molecule has 0 saturated carbocycles. The van der Waals surface area contributed by atoms with Crippen molar-refractivity contribution >= 4 is 11.8 Å². The van der Waals surface area contributed by atoms with Crippen molar-refractivity contribution in [2.75, 3.05) is 11.4 Å². The Balaban J connectivity index is 1.76. The van der Waals surface area contributed by atoms with E-state index in [1.54, 1.807) is 4.90 Å². The van der Waals surface area contributed by atoms with Gasteiger partial charge in [0.05, 0.1) is 19.4 Å². The highest BCUT2D eigenvalue weighted by Crippen LogP contribution is 2.22. The zero-order valence-electron chi connectivity index (χ0n) is 11.5. The second-order valence-corrected chi connectivity index (χ2v) is 4.77. The van der Waals surface area contributed by atoms with Crippen LogP contribution in [0.1, 0.15) is 11.4 Å². The topological polar surface area (TPSA) is 94.9 Å². The molecule has 22 heavy (non-hydrogen) atoms. The number of rotatable bonds is 3. The van der Waals surface area contributed by atoms with E-state index < -0.39 is 12.2 Å². The van der Waals surface area contributed by atoms with Gasteiger partial charge in [0.25, 0.3) is 0 Å². The summed E-state index contributed by atoms with van der Waals surface area (Å²) in [5.41, 5.74) is 1.02. The highest BCUT2D eigenvalue weighted by Gasteiger charge is 2.33. The van der Waals surface area contributed by atoms with Crippen molar-refractivity contribution in [3.8, 4) is 12.1 Å². The lowest BCUT2D eigenvalue weighted by Crippen LogP contribution is -2.25. The van der Waals surface area contributed by atoms with Gasteiger partial charge in [0.1, 0.15) is 18.2 Å². The standard InChI is InChI=1S/C15H11N5O2/c16-6-13-14(7-17)19(10-18-13)8-12-9-20(15(21)22-12)11-4-2-1-3-5-11/h1-5,10,12H,8-9H2/t12-/m0/s1. The van der Waals surface area contributed by atoms with Crippen molar-refractivity contribution in [1.29, 1.82) is 10.5 Å². The fourth-order valence-corrected chi connectivity index (χ4v) is 2.37. The number of anilines is 1. The third-order valence-electron chi connectivity index (χ3n) is 3.39. The molecule has 2 aromatic rings. The second kappa shape index (κ2) is 5.58. The minimum Gasteiger partial charge on any atom is -0.442 e. The Bertz CT molecular complexity index is 784. The number of imidazole rings is 1. The first-order valence-corrected chi connectivity index (χ1v) is 6.61. The lowest BCUT2D eigenvalue weighted by atomic mass is 10.2. The van der Waals surface area contributed by atoms with Gasteiger partial charge in [-0.15, -0.1) is 0 Å². The Kier molecular flexibility index (Phi) is 3.47. The first-order valence-electron chi connectivity index (χ1n) is 6.61. The summed E-state index contributed by atoms with van der Waals surface area (Å²) >= 11 is 0. The zero-order chi connectivity index (χ0) is 15.5. The summed E-state index contributed by atoms with van der Waals surface area (Å²) < 4.78 is 6.85. The van der Waals surface area contributed by atoms with Crippen molar-refractivity contribution in [3.05, 3.63) is 48.0 Å². The third-order valence-corrected chi connectivity index (χ3v) is 3.39. The Labute approximate surface area is 126 Å². The molecule has 7 nitrogen and oxygen atoms in total. The van der Waals surface area contributed by atoms with Gasteiger partial charge < -0.3 is 9.30 Å². The molecular weight excluding hydrogens is 282 g/mol. The van der Waals surface area contributed by atoms with E-state index in [1.165, 1.54) is 10.9 Å². The first-order chi connectivity index (χ1) is 10.7. The van der Waals surface area contributed by atoms with E-state index in [0.717, 1.165) is 5.69 Å². The molecule has 1 aliphatic heterocycles. The summed E-state index contributed by atoms with van der Waals surface area (Å²) in [7, 11) is 0. The van der Waals surface area contributed by atoms with Gasteiger partial charge in [-0.2, -0.15) is 10.5 Å². The Morgan fingerprint density at radius 2 is 2.05 bits per heavy atom. The van der Waals surface area contributed by atoms with Crippen molar-refractivity contribution in [2.24, 2.45) is 0 Å². The maximum Gasteiger partial charge on any atom is 0.414 e. The van der Waals surface area contributed by atoms with Crippen LogP contribution in [-0.4, -0.2) is 28.3 Å². The smallest absolute Gasteiger partial charge is 0.414 e. The van der Waals surface area contributed by atoms with Crippen molar-refractivity contribution in [2.45, 2.75) is 12.6 Å². The van der Waals surface area contributed by atoms with Crippen LogP contribution in [0, 0.1) is 22.7 Å². The molecule has 1 aromatic heterocycles. The number of hydrogen-bond acceptors (Lipinski definition) is 5. The number of cyclic esters (lactones) is 1. The predicted octanol–water partition coefficient (Wildman–Crippen LogP) is 1.65. The number of nitriles is 2. The minimum atomic E-state index is -0.421. The van der Waals surface area contributed by atoms with E-state index in [2.05, 4.69) is 4.98 Å². The average Bonchev–Trinajstić information content (AvgIpc) is 3.11. The molecule has 1 saturated heterocycles. The van der Waals surface area contributed by atoms with E-state index in [4.69, 9.17) is 15.3 Å². The molecule has 2 heterocycles. The summed E-state index contributed by atoms with van der Waals surface area (Å²) in [4.78, 5) is 17.4. The van der Waals surface area contributed by atoms with E-state index in [-0.39, 0.29) is 17.9 Å². The van der Waals surface area contributed by atoms with E-state index >= 15 is 0 Å². The largest absolute Gasteiger partial charge is 0.442 e. The van der Waals surface area contributed by atoms with E-state index in [1.807, 2.05) is 42.5 Å². The van der Waals surface area contributed by atoms with Crippen LogP contribution in [0.5, 0.6) is 0 Å². The van der Waals surface area contributed by atoms with Gasteiger partial charge in [-0.1, -0.05) is 18.2 Å². The molecule has 108 valence electrons. The van der Waals surface area contributed by atoms with Crippen LogP contribution in [-0.2, 0) is 11.3 Å². The molecule has 1 aromatic carbocycles. The van der Waals surface area contributed by atoms with Crippen LogP contribution < -0.4 is 4.90 Å². The summed E-state index contributed by atoms with van der Waals surface area (Å²) in [6.45, 7) is 0.667. The number of ether oxygens (including phenoxy) is 1. The number of aromatic nitrogens is 2. The maximum atomic E-state index is 12.0. The molecule has 0 N–H and O–H groups in total. The van der Waals surface area contributed by atoms with Gasteiger partial charge in [0.2, 0.25) is 0 Å². The normalized spacial score (nSPS) is 16.9. The highest BCUT2D eigenvalue weighted by molar-refractivity contribution is 5.89. The van der Waals surface area contributed by atoms with Crippen LogP contribution in [0.15, 0.2) is 36.7 Å². The molecule has 0 aliphatic carbocycles. The molecule has 0 spiro atoms. The maximum absolute atomic E-state index is 12.0. The summed E-state index contributed by atoms with van der Waals surface area (Å²) in [6.07, 6.45) is 0.590. The van der Waals surface area contributed by atoms with E-state index in [9.17, 15) is 4.79 Å². The summed E-state index contributed by atoms with van der Waals surface area (Å²) in [5, 5.41) is 18.0. The predicted molar refractivity (Wildman–Crippen MR) is 75.7 cm³/mol. The Morgan fingerprint density at radius 3 is 2.73 bits per heavy atom. The molecule has 0 radical (unpaired) electrons. The number of hydrogen-bond donors (Lipinski definition) is 0. The monoisotopic (exact) mass is 293 g/mol. The van der Waals surface area contributed by atoms with Crippen molar-refractivity contribution < 1.29 is 9.53 Å². The molecule has 7 heteroatoms. The van der Waals surface area contributed by atoms with Gasteiger partial charge in [-0.25, -0.2) is 9.78 Å². The number of nitrogens with zero attached hydrogens (tertiary/aromatic N) is 5. The lowest BCUT2D eigenvalue weighted by molar-refractivity contribution is 0.131. The lowest BCUT2D eigenvalue weighted by Gasteiger charge is -2.12. The number of benzene rings is 1. The minimum absolute atomic E-state index is 0.0757. The highest BCUT2D eigenvalue weighted by atomic mass is 16.6. The van der Waals surface area contributed by atoms with E-state index in [0.29, 0.717) is 6.54 Å². The number of carbonyl (C=O) groups excluding carboxylic acids is 1. The number of carbonyl (C=O) groups is 1. The van der Waals surface area contributed by atoms with Gasteiger partial charge >= 0.3 is 6.09 Å². The molecule has 3 rings (SSSR count). The van der Waals surface area contributed by atoms with Crippen LogP contribution >= 0.6 is 0 Å². The van der Waals surface area contributed by atoms with Crippen molar-refractivity contribution in [1.82, 2.24) is 9.55 Å². The Morgan fingerprint density at radius 1 is 1.27 bits per heavy atom. The van der Waals surface area contributed by atoms with Gasteiger partial charge in [0.15, 0.2) is 11.4 Å². The molecule has 1 amide bonds. The average molecular weight is 293 g/mol. The van der Waals surface area contributed by atoms with Crippen molar-refractivity contribution in [3.63, 3.8) is 0 Å². The molecule has 1 fully saturated rings. The molecule has 1 atom stereocenters. The molecular formula is C15H11N5O2. The van der Waals surface area contributed by atoms with Crippen LogP contribution in [0.2, 0.25) is 0 Å². The fraction of sp³-hybridized carbons (Fsp3) is 0.200. The second-order valence-electron chi connectivity index (χ2n) is 4.77.